The number of hydrogen-bond donors (Lipinski definition) is 1. The highest BCUT2D eigenvalue weighted by molar-refractivity contribution is 7.99. The van der Waals surface area contributed by atoms with E-state index in [9.17, 15) is 0 Å². The first-order chi connectivity index (χ1) is 9.01. The molecular formula is C12H21ClN4OS. The maximum Gasteiger partial charge on any atom is 0.322 e. The molecule has 108 valence electrons. The van der Waals surface area contributed by atoms with Gasteiger partial charge in [-0.15, -0.1) is 0 Å². The maximum absolute atomic E-state index is 5.86. The van der Waals surface area contributed by atoms with Gasteiger partial charge < -0.3 is 10.1 Å². The summed E-state index contributed by atoms with van der Waals surface area (Å²) in [5, 5.41) is 3.36. The Morgan fingerprint density at radius 3 is 2.63 bits per heavy atom. The van der Waals surface area contributed by atoms with E-state index in [0.717, 1.165) is 17.9 Å². The normalized spacial score (nSPS) is 12.5. The highest BCUT2D eigenvalue weighted by Crippen LogP contribution is 2.14. The second kappa shape index (κ2) is 8.43. The molecule has 1 unspecified atom stereocenters. The molecule has 0 amide bonds. The van der Waals surface area contributed by atoms with Gasteiger partial charge in [-0.05, 0) is 50.3 Å². The predicted octanol–water partition coefficient (Wildman–Crippen LogP) is 3.26. The van der Waals surface area contributed by atoms with Gasteiger partial charge in [-0.3, -0.25) is 0 Å². The number of aromatic nitrogens is 3. The molecule has 1 N–H and O–H groups in total. The summed E-state index contributed by atoms with van der Waals surface area (Å²) in [4.78, 5) is 12.2. The first-order valence-corrected chi connectivity index (χ1v) is 7.97. The molecule has 1 atom stereocenters. The van der Waals surface area contributed by atoms with Gasteiger partial charge in [0.25, 0.3) is 0 Å². The summed E-state index contributed by atoms with van der Waals surface area (Å²) in [6.07, 6.45) is 1.05. The molecule has 0 spiro atoms. The van der Waals surface area contributed by atoms with E-state index in [1.165, 1.54) is 0 Å². The Labute approximate surface area is 123 Å². The van der Waals surface area contributed by atoms with Crippen molar-refractivity contribution in [2.24, 2.45) is 0 Å². The molecule has 1 aromatic rings. The van der Waals surface area contributed by atoms with Crippen LogP contribution in [0.15, 0.2) is 0 Å². The minimum absolute atomic E-state index is 0.00435. The number of halogens is 1. The summed E-state index contributed by atoms with van der Waals surface area (Å²) in [6.45, 7) is 8.08. The van der Waals surface area contributed by atoms with E-state index in [2.05, 4.69) is 34.1 Å². The van der Waals surface area contributed by atoms with E-state index in [-0.39, 0.29) is 23.4 Å². The minimum Gasteiger partial charge on any atom is -0.461 e. The number of rotatable bonds is 8. The summed E-state index contributed by atoms with van der Waals surface area (Å²) in [5.41, 5.74) is 0. The molecule has 0 aliphatic rings. The Bertz CT molecular complexity index is 392. The Morgan fingerprint density at radius 1 is 1.26 bits per heavy atom. The van der Waals surface area contributed by atoms with Crippen molar-refractivity contribution in [1.29, 1.82) is 0 Å². The van der Waals surface area contributed by atoms with Crippen LogP contribution in [-0.2, 0) is 0 Å². The van der Waals surface area contributed by atoms with E-state index in [1.807, 2.05) is 25.6 Å². The predicted molar refractivity (Wildman–Crippen MR) is 81.3 cm³/mol. The van der Waals surface area contributed by atoms with Gasteiger partial charge in [0, 0.05) is 6.04 Å². The maximum atomic E-state index is 5.86. The third-order valence-corrected chi connectivity index (χ3v) is 3.31. The van der Waals surface area contributed by atoms with Crippen LogP contribution < -0.4 is 10.1 Å². The smallest absolute Gasteiger partial charge is 0.322 e. The van der Waals surface area contributed by atoms with E-state index in [4.69, 9.17) is 16.3 Å². The van der Waals surface area contributed by atoms with Crippen molar-refractivity contribution in [2.45, 2.75) is 46.3 Å². The molecule has 19 heavy (non-hydrogen) atoms. The molecule has 0 aliphatic carbocycles. The van der Waals surface area contributed by atoms with Crippen molar-refractivity contribution < 1.29 is 4.74 Å². The second-order valence-electron chi connectivity index (χ2n) is 4.41. The quantitative estimate of drug-likeness (QED) is 0.744. The van der Waals surface area contributed by atoms with Crippen LogP contribution in [0.25, 0.3) is 0 Å². The molecule has 0 aliphatic heterocycles. The lowest BCUT2D eigenvalue weighted by molar-refractivity contribution is 0.222. The van der Waals surface area contributed by atoms with Crippen LogP contribution in [0, 0.1) is 0 Å². The van der Waals surface area contributed by atoms with Crippen molar-refractivity contribution in [3.63, 3.8) is 0 Å². The van der Waals surface area contributed by atoms with E-state index >= 15 is 0 Å². The second-order valence-corrected chi connectivity index (χ2v) is 6.14. The molecule has 0 saturated heterocycles. The van der Waals surface area contributed by atoms with E-state index < -0.39 is 0 Å². The molecule has 0 aromatic carbocycles. The standard InChI is InChI=1S/C12H21ClN4OS/c1-5-19-7-6-9(4)14-11-15-10(13)16-12(17-11)18-8(2)3/h8-9H,5-7H2,1-4H3,(H,14,15,16,17). The molecular weight excluding hydrogens is 284 g/mol. The first-order valence-electron chi connectivity index (χ1n) is 6.43. The highest BCUT2D eigenvalue weighted by Gasteiger charge is 2.10. The molecule has 0 radical (unpaired) electrons. The van der Waals surface area contributed by atoms with Gasteiger partial charge in [-0.2, -0.15) is 26.7 Å². The minimum atomic E-state index is 0.00435. The molecule has 0 saturated carbocycles. The van der Waals surface area contributed by atoms with Crippen LogP contribution in [0.3, 0.4) is 0 Å². The fourth-order valence-corrected chi connectivity index (χ4v) is 2.32. The summed E-state index contributed by atoms with van der Waals surface area (Å²) in [5.74, 6) is 2.71. The molecule has 5 nitrogen and oxygen atoms in total. The SMILES string of the molecule is CCSCCC(C)Nc1nc(Cl)nc(OC(C)C)n1. The third kappa shape index (κ3) is 6.82. The van der Waals surface area contributed by atoms with Gasteiger partial charge in [0.1, 0.15) is 0 Å². The zero-order chi connectivity index (χ0) is 14.3. The van der Waals surface area contributed by atoms with Crippen LogP contribution in [0.5, 0.6) is 6.01 Å². The molecule has 1 aromatic heterocycles. The van der Waals surface area contributed by atoms with E-state index in [0.29, 0.717) is 5.95 Å². The average molecular weight is 305 g/mol. The summed E-state index contributed by atoms with van der Waals surface area (Å²) in [6, 6.07) is 0.539. The molecule has 7 heteroatoms. The van der Waals surface area contributed by atoms with Crippen LogP contribution in [0.4, 0.5) is 5.95 Å². The van der Waals surface area contributed by atoms with Gasteiger partial charge in [-0.25, -0.2) is 0 Å². The summed E-state index contributed by atoms with van der Waals surface area (Å²) < 4.78 is 5.43. The van der Waals surface area contributed by atoms with Gasteiger partial charge >= 0.3 is 6.01 Å². The zero-order valence-corrected chi connectivity index (χ0v) is 13.4. The van der Waals surface area contributed by atoms with Crippen molar-refractivity contribution in [2.75, 3.05) is 16.8 Å². The van der Waals surface area contributed by atoms with Crippen molar-refractivity contribution >= 4 is 29.3 Å². The Balaban J connectivity index is 2.59. The number of nitrogens with zero attached hydrogens (tertiary/aromatic N) is 3. The van der Waals surface area contributed by atoms with Crippen molar-refractivity contribution in [3.05, 3.63) is 5.28 Å². The molecule has 0 bridgehead atoms. The van der Waals surface area contributed by atoms with Crippen LogP contribution in [0.1, 0.15) is 34.1 Å². The van der Waals surface area contributed by atoms with Crippen LogP contribution in [0.2, 0.25) is 5.28 Å². The zero-order valence-electron chi connectivity index (χ0n) is 11.8. The number of ether oxygens (including phenoxy) is 1. The fraction of sp³-hybridized carbons (Fsp3) is 0.750. The number of thioether (sulfide) groups is 1. The monoisotopic (exact) mass is 304 g/mol. The van der Waals surface area contributed by atoms with Crippen LogP contribution >= 0.6 is 23.4 Å². The first kappa shape index (κ1) is 16.3. The van der Waals surface area contributed by atoms with Crippen LogP contribution in [-0.4, -0.2) is 38.6 Å². The molecule has 0 fully saturated rings. The Morgan fingerprint density at radius 2 is 2.00 bits per heavy atom. The summed E-state index contributed by atoms with van der Waals surface area (Å²) in [7, 11) is 0. The highest BCUT2D eigenvalue weighted by atomic mass is 35.5. The van der Waals surface area contributed by atoms with E-state index in [1.54, 1.807) is 0 Å². The van der Waals surface area contributed by atoms with Gasteiger partial charge in [0.05, 0.1) is 6.10 Å². The lowest BCUT2D eigenvalue weighted by atomic mass is 10.3. The lowest BCUT2D eigenvalue weighted by Gasteiger charge is -2.14. The largest absolute Gasteiger partial charge is 0.461 e. The van der Waals surface area contributed by atoms with Gasteiger partial charge in [-0.1, -0.05) is 6.92 Å². The fourth-order valence-electron chi connectivity index (χ4n) is 1.36. The topological polar surface area (TPSA) is 59.9 Å². The number of anilines is 1. The Hall–Kier alpha value is -0.750. The number of hydrogen-bond acceptors (Lipinski definition) is 6. The Kier molecular flexibility index (Phi) is 7.23. The molecule has 1 rings (SSSR count). The van der Waals surface area contributed by atoms with Crippen molar-refractivity contribution in [1.82, 2.24) is 15.0 Å². The number of nitrogens with one attached hydrogen (secondary N) is 1. The van der Waals surface area contributed by atoms with Gasteiger partial charge in [0.15, 0.2) is 0 Å². The average Bonchev–Trinajstić information content (AvgIpc) is 2.27. The third-order valence-electron chi connectivity index (χ3n) is 2.20. The lowest BCUT2D eigenvalue weighted by Crippen LogP contribution is -2.19. The summed E-state index contributed by atoms with van der Waals surface area (Å²) >= 11 is 7.78. The van der Waals surface area contributed by atoms with Crippen molar-refractivity contribution in [3.8, 4) is 6.01 Å². The van der Waals surface area contributed by atoms with Gasteiger partial charge in [0.2, 0.25) is 11.2 Å². The molecule has 1 heterocycles.